The predicted octanol–water partition coefficient (Wildman–Crippen LogP) is 0.305. The van der Waals surface area contributed by atoms with Crippen molar-refractivity contribution in [2.24, 2.45) is 12.8 Å². The zero-order chi connectivity index (χ0) is 12.3. The van der Waals surface area contributed by atoms with Gasteiger partial charge in [-0.15, -0.1) is 0 Å². The van der Waals surface area contributed by atoms with E-state index in [0.717, 1.165) is 18.1 Å². The summed E-state index contributed by atoms with van der Waals surface area (Å²) in [6.07, 6.45) is 0. The van der Waals surface area contributed by atoms with Crippen molar-refractivity contribution in [3.05, 3.63) is 35.4 Å². The summed E-state index contributed by atoms with van der Waals surface area (Å²) in [6.45, 7) is 1.31. The molecule has 6 heteroatoms. The fraction of sp³-hybridized carbons (Fsp3) is 0.364. The summed E-state index contributed by atoms with van der Waals surface area (Å²) in [5, 5.41) is 11.4. The Balaban J connectivity index is 2.13. The Morgan fingerprint density at radius 2 is 2.12 bits per heavy atom. The van der Waals surface area contributed by atoms with Crippen LogP contribution in [0.1, 0.15) is 11.1 Å². The van der Waals surface area contributed by atoms with Crippen molar-refractivity contribution in [1.29, 1.82) is 0 Å². The van der Waals surface area contributed by atoms with Crippen LogP contribution in [0.5, 0.6) is 0 Å². The second kappa shape index (κ2) is 4.92. The second-order valence-electron chi connectivity index (χ2n) is 3.98. The van der Waals surface area contributed by atoms with Gasteiger partial charge in [-0.05, 0) is 21.6 Å². The van der Waals surface area contributed by atoms with Gasteiger partial charge in [0.2, 0.25) is 5.95 Å². The molecule has 6 nitrogen and oxygen atoms in total. The summed E-state index contributed by atoms with van der Waals surface area (Å²) in [4.78, 5) is 2.00. The van der Waals surface area contributed by atoms with Crippen LogP contribution in [0.2, 0.25) is 0 Å². The topological polar surface area (TPSA) is 72.9 Å². The zero-order valence-electron chi connectivity index (χ0n) is 10.0. The monoisotopic (exact) mass is 232 g/mol. The van der Waals surface area contributed by atoms with Crippen LogP contribution < -0.4 is 10.6 Å². The highest BCUT2D eigenvalue weighted by atomic mass is 15.6. The number of aryl methyl sites for hydroxylation is 1. The molecule has 17 heavy (non-hydrogen) atoms. The molecular weight excluding hydrogens is 216 g/mol. The normalized spacial score (nSPS) is 10.5. The molecular formula is C11H16N6. The lowest BCUT2D eigenvalue weighted by Crippen LogP contribution is -2.20. The molecule has 0 aliphatic carbocycles. The lowest BCUT2D eigenvalue weighted by Gasteiger charge is -2.16. The van der Waals surface area contributed by atoms with Gasteiger partial charge in [0.1, 0.15) is 0 Å². The molecule has 0 aliphatic heterocycles. The first-order chi connectivity index (χ1) is 8.20. The third-order valence-corrected chi connectivity index (χ3v) is 2.59. The van der Waals surface area contributed by atoms with Crippen molar-refractivity contribution in [2.45, 2.75) is 13.1 Å². The van der Waals surface area contributed by atoms with Crippen molar-refractivity contribution in [2.75, 3.05) is 11.9 Å². The largest absolute Gasteiger partial charge is 0.338 e. The average molecular weight is 232 g/mol. The Hall–Kier alpha value is -1.95. The number of nitrogens with two attached hydrogens (primary N) is 1. The molecule has 2 N–H and O–H groups in total. The van der Waals surface area contributed by atoms with E-state index in [2.05, 4.69) is 27.7 Å². The van der Waals surface area contributed by atoms with Crippen LogP contribution in [-0.2, 0) is 20.1 Å². The zero-order valence-corrected chi connectivity index (χ0v) is 10.0. The SMILES string of the molecule is CN(Cc1cccc(CN)c1)c1nnnn1C. The van der Waals surface area contributed by atoms with E-state index in [1.54, 1.807) is 4.68 Å². The van der Waals surface area contributed by atoms with E-state index >= 15 is 0 Å². The molecule has 1 heterocycles. The van der Waals surface area contributed by atoms with Crippen molar-refractivity contribution in [1.82, 2.24) is 20.2 Å². The minimum atomic E-state index is 0.559. The molecule has 2 rings (SSSR count). The van der Waals surface area contributed by atoms with Crippen LogP contribution in [0.15, 0.2) is 24.3 Å². The van der Waals surface area contributed by atoms with Crippen LogP contribution in [0, 0.1) is 0 Å². The van der Waals surface area contributed by atoms with Crippen molar-refractivity contribution < 1.29 is 0 Å². The molecule has 0 atom stereocenters. The van der Waals surface area contributed by atoms with Gasteiger partial charge in [-0.2, -0.15) is 0 Å². The van der Waals surface area contributed by atoms with Gasteiger partial charge in [-0.3, -0.25) is 0 Å². The van der Waals surface area contributed by atoms with Gasteiger partial charge in [0.05, 0.1) is 0 Å². The van der Waals surface area contributed by atoms with Gasteiger partial charge in [0.15, 0.2) is 0 Å². The third-order valence-electron chi connectivity index (χ3n) is 2.59. The minimum absolute atomic E-state index is 0.559. The summed E-state index contributed by atoms with van der Waals surface area (Å²) >= 11 is 0. The van der Waals surface area contributed by atoms with Gasteiger partial charge < -0.3 is 10.6 Å². The highest BCUT2D eigenvalue weighted by molar-refractivity contribution is 5.31. The van der Waals surface area contributed by atoms with Crippen molar-refractivity contribution >= 4 is 5.95 Å². The third kappa shape index (κ3) is 2.59. The predicted molar refractivity (Wildman–Crippen MR) is 65.2 cm³/mol. The number of tetrazole rings is 1. The van der Waals surface area contributed by atoms with E-state index in [-0.39, 0.29) is 0 Å². The maximum atomic E-state index is 5.62. The molecule has 1 aromatic carbocycles. The first-order valence-corrected chi connectivity index (χ1v) is 5.42. The molecule has 90 valence electrons. The number of aromatic nitrogens is 4. The Morgan fingerprint density at radius 1 is 1.35 bits per heavy atom. The van der Waals surface area contributed by atoms with Crippen LogP contribution >= 0.6 is 0 Å². The van der Waals surface area contributed by atoms with Gasteiger partial charge in [0.25, 0.3) is 0 Å². The second-order valence-corrected chi connectivity index (χ2v) is 3.98. The van der Waals surface area contributed by atoms with E-state index in [9.17, 15) is 0 Å². The van der Waals surface area contributed by atoms with Crippen molar-refractivity contribution in [3.8, 4) is 0 Å². The van der Waals surface area contributed by atoms with E-state index < -0.39 is 0 Å². The molecule has 0 fully saturated rings. The highest BCUT2D eigenvalue weighted by Gasteiger charge is 2.08. The maximum Gasteiger partial charge on any atom is 0.245 e. The van der Waals surface area contributed by atoms with Crippen LogP contribution in [0.4, 0.5) is 5.95 Å². The summed E-state index contributed by atoms with van der Waals surface area (Å²) in [5.41, 5.74) is 7.94. The maximum absolute atomic E-state index is 5.62. The number of rotatable bonds is 4. The first-order valence-electron chi connectivity index (χ1n) is 5.42. The number of anilines is 1. The number of benzene rings is 1. The molecule has 0 aliphatic rings. The molecule has 0 spiro atoms. The van der Waals surface area contributed by atoms with Gasteiger partial charge in [0, 0.05) is 27.2 Å². The Morgan fingerprint density at radius 3 is 2.76 bits per heavy atom. The average Bonchev–Trinajstić information content (AvgIpc) is 2.76. The number of hydrogen-bond acceptors (Lipinski definition) is 5. The van der Waals surface area contributed by atoms with Gasteiger partial charge >= 0.3 is 0 Å². The molecule has 0 amide bonds. The van der Waals surface area contributed by atoms with E-state index in [4.69, 9.17) is 5.73 Å². The lowest BCUT2D eigenvalue weighted by molar-refractivity contribution is 0.696. The summed E-state index contributed by atoms with van der Waals surface area (Å²) in [6, 6.07) is 8.20. The lowest BCUT2D eigenvalue weighted by atomic mass is 10.1. The van der Waals surface area contributed by atoms with Crippen LogP contribution in [0.25, 0.3) is 0 Å². The molecule has 0 radical (unpaired) electrons. The smallest absolute Gasteiger partial charge is 0.245 e. The molecule has 0 saturated heterocycles. The van der Waals surface area contributed by atoms with E-state index in [0.29, 0.717) is 6.54 Å². The highest BCUT2D eigenvalue weighted by Crippen LogP contribution is 2.11. The molecule has 0 bridgehead atoms. The molecule has 1 aromatic heterocycles. The fourth-order valence-corrected chi connectivity index (χ4v) is 1.75. The number of hydrogen-bond donors (Lipinski definition) is 1. The van der Waals surface area contributed by atoms with Crippen molar-refractivity contribution in [3.63, 3.8) is 0 Å². The minimum Gasteiger partial charge on any atom is -0.338 e. The fourth-order valence-electron chi connectivity index (χ4n) is 1.75. The van der Waals surface area contributed by atoms with E-state index in [1.807, 2.05) is 31.1 Å². The summed E-state index contributed by atoms with van der Waals surface area (Å²) in [7, 11) is 3.78. The Labute approximate surface area is 100 Å². The van der Waals surface area contributed by atoms with Gasteiger partial charge in [-0.25, -0.2) is 4.68 Å². The Bertz CT molecular complexity index is 492. The first kappa shape index (κ1) is 11.5. The van der Waals surface area contributed by atoms with Crippen LogP contribution in [0.3, 0.4) is 0 Å². The quantitative estimate of drug-likeness (QED) is 0.821. The summed E-state index contributed by atoms with van der Waals surface area (Å²) in [5.74, 6) is 0.739. The molecule has 0 saturated carbocycles. The van der Waals surface area contributed by atoms with Crippen LogP contribution in [-0.4, -0.2) is 27.3 Å². The molecule has 2 aromatic rings. The van der Waals surface area contributed by atoms with Gasteiger partial charge in [-0.1, -0.05) is 29.4 Å². The van der Waals surface area contributed by atoms with E-state index in [1.165, 1.54) is 5.56 Å². The molecule has 0 unspecified atom stereocenters. The number of nitrogens with zero attached hydrogens (tertiary/aromatic N) is 5. The Kier molecular flexibility index (Phi) is 3.34. The summed E-state index contributed by atoms with van der Waals surface area (Å²) < 4.78 is 1.65. The standard InChI is InChI=1S/C11H16N6/c1-16(11-13-14-15-17(11)2)8-10-5-3-4-9(6-10)7-12/h3-6H,7-8,12H2,1-2H3.